The number of allylic oxidation sites excluding steroid dienone is 1. The second-order valence-electron chi connectivity index (χ2n) is 4.89. The number of carbonyl (C=O) groups excluding carboxylic acids is 1. The third-order valence-corrected chi connectivity index (χ3v) is 3.29. The lowest BCUT2D eigenvalue weighted by Gasteiger charge is -2.04. The minimum absolute atomic E-state index is 0.157. The van der Waals surface area contributed by atoms with Gasteiger partial charge in [-0.05, 0) is 24.3 Å². The summed E-state index contributed by atoms with van der Waals surface area (Å²) in [5, 5.41) is 21.3. The zero-order valence-corrected chi connectivity index (χ0v) is 12.3. The number of aromatic hydroxyl groups is 1. The van der Waals surface area contributed by atoms with Crippen LogP contribution in [0, 0.1) is 0 Å². The monoisotopic (exact) mass is 324 g/mol. The molecule has 0 unspecified atom stereocenters. The Hall–Kier alpha value is -3.61. The van der Waals surface area contributed by atoms with Gasteiger partial charge in [0, 0.05) is 18.0 Å². The summed E-state index contributed by atoms with van der Waals surface area (Å²) < 4.78 is 5.51. The summed E-state index contributed by atoms with van der Waals surface area (Å²) in [5.41, 5.74) is 1.56. The zero-order valence-electron chi connectivity index (χ0n) is 12.3. The van der Waals surface area contributed by atoms with Crippen LogP contribution in [0.5, 0.6) is 5.75 Å². The maximum absolute atomic E-state index is 11.3. The van der Waals surface area contributed by atoms with Gasteiger partial charge in [-0.15, -0.1) is 0 Å². The van der Waals surface area contributed by atoms with Crippen molar-refractivity contribution in [1.29, 1.82) is 0 Å². The van der Waals surface area contributed by atoms with Crippen LogP contribution in [-0.4, -0.2) is 27.5 Å². The van der Waals surface area contributed by atoms with Crippen molar-refractivity contribution in [3.8, 4) is 5.75 Å². The van der Waals surface area contributed by atoms with Crippen molar-refractivity contribution in [2.75, 3.05) is 5.32 Å². The van der Waals surface area contributed by atoms with Crippen LogP contribution in [0.2, 0.25) is 0 Å². The molecule has 7 heteroatoms. The number of anilines is 1. The fraction of sp³-hybridized carbons (Fsp3) is 0. The third-order valence-electron chi connectivity index (χ3n) is 3.29. The van der Waals surface area contributed by atoms with Gasteiger partial charge in [0.1, 0.15) is 16.8 Å². The van der Waals surface area contributed by atoms with Gasteiger partial charge in [-0.1, -0.05) is 12.1 Å². The lowest BCUT2D eigenvalue weighted by atomic mass is 10.2. The molecular formula is C17H12N2O5. The largest absolute Gasteiger partial charge is 0.507 e. The molecule has 0 spiro atoms. The molecule has 0 radical (unpaired) electrons. The van der Waals surface area contributed by atoms with Gasteiger partial charge in [0.2, 0.25) is 5.89 Å². The molecule has 1 heterocycles. The summed E-state index contributed by atoms with van der Waals surface area (Å²) in [6.45, 7) is 0. The molecule has 3 N–H and O–H groups in total. The molecule has 3 rings (SSSR count). The number of nitrogens with one attached hydrogen (secondary N) is 1. The maximum Gasteiger partial charge on any atom is 0.339 e. The first-order valence-corrected chi connectivity index (χ1v) is 6.92. The molecule has 0 aliphatic carbocycles. The van der Waals surface area contributed by atoms with E-state index in [1.54, 1.807) is 18.2 Å². The Morgan fingerprint density at radius 1 is 1.21 bits per heavy atom. The predicted molar refractivity (Wildman–Crippen MR) is 86.7 cm³/mol. The van der Waals surface area contributed by atoms with Crippen molar-refractivity contribution in [1.82, 2.24) is 4.98 Å². The van der Waals surface area contributed by atoms with Gasteiger partial charge < -0.3 is 19.9 Å². The molecule has 1 aromatic heterocycles. The van der Waals surface area contributed by atoms with Crippen LogP contribution in [0.3, 0.4) is 0 Å². The molecule has 2 aromatic carbocycles. The third kappa shape index (κ3) is 2.95. The van der Waals surface area contributed by atoms with Gasteiger partial charge in [-0.25, -0.2) is 9.78 Å². The minimum atomic E-state index is -1.23. The quantitative estimate of drug-likeness (QED) is 0.488. The number of oxazole rings is 1. The molecule has 0 saturated heterocycles. The number of hydrogen-bond acceptors (Lipinski definition) is 6. The van der Waals surface area contributed by atoms with E-state index in [1.165, 1.54) is 24.4 Å². The number of carboxylic acids is 1. The van der Waals surface area contributed by atoms with E-state index < -0.39 is 5.97 Å². The summed E-state index contributed by atoms with van der Waals surface area (Å²) in [6, 6.07) is 11.1. The molecular weight excluding hydrogens is 312 g/mol. The van der Waals surface area contributed by atoms with Crippen LogP contribution < -0.4 is 5.32 Å². The van der Waals surface area contributed by atoms with E-state index in [2.05, 4.69) is 10.3 Å². The average molecular weight is 324 g/mol. The molecule has 0 bridgehead atoms. The second kappa shape index (κ2) is 6.25. The van der Waals surface area contributed by atoms with Crippen molar-refractivity contribution in [3.63, 3.8) is 0 Å². The number of para-hydroxylation sites is 2. The summed E-state index contributed by atoms with van der Waals surface area (Å²) in [7, 11) is 0. The number of hydrogen-bond donors (Lipinski definition) is 3. The van der Waals surface area contributed by atoms with E-state index in [4.69, 9.17) is 9.52 Å². The number of carbonyl (C=O) groups is 2. The fourth-order valence-electron chi connectivity index (χ4n) is 2.11. The molecule has 24 heavy (non-hydrogen) atoms. The highest BCUT2D eigenvalue weighted by atomic mass is 16.4. The smallest absolute Gasteiger partial charge is 0.339 e. The van der Waals surface area contributed by atoms with E-state index >= 15 is 0 Å². The SMILES string of the molecule is O=CC(=CNc1ccc(C(=O)O)c(O)c1)c1nc2ccccc2o1. The highest BCUT2D eigenvalue weighted by molar-refractivity contribution is 6.06. The lowest BCUT2D eigenvalue weighted by molar-refractivity contribution is -0.103. The molecule has 120 valence electrons. The molecule has 0 amide bonds. The van der Waals surface area contributed by atoms with Crippen molar-refractivity contribution in [2.24, 2.45) is 0 Å². The van der Waals surface area contributed by atoms with Crippen molar-refractivity contribution < 1.29 is 24.2 Å². The van der Waals surface area contributed by atoms with Crippen molar-refractivity contribution >= 4 is 34.6 Å². The van der Waals surface area contributed by atoms with Crippen LogP contribution in [0.15, 0.2) is 53.1 Å². The normalized spacial score (nSPS) is 11.4. The number of aromatic carboxylic acids is 1. The standard InChI is InChI=1S/C17H12N2O5/c20-9-10(16-19-13-3-1-2-4-15(13)24-16)8-18-11-5-6-12(17(22)23)14(21)7-11/h1-9,18,21H,(H,22,23). The summed E-state index contributed by atoms with van der Waals surface area (Å²) >= 11 is 0. The Bertz CT molecular complexity index is 926. The molecule has 7 nitrogen and oxygen atoms in total. The van der Waals surface area contributed by atoms with Gasteiger partial charge in [-0.2, -0.15) is 0 Å². The highest BCUT2D eigenvalue weighted by Gasteiger charge is 2.11. The number of phenols is 1. The van der Waals surface area contributed by atoms with Gasteiger partial charge >= 0.3 is 5.97 Å². The van der Waals surface area contributed by atoms with E-state index in [9.17, 15) is 14.7 Å². The molecule has 3 aromatic rings. The van der Waals surface area contributed by atoms with Crippen LogP contribution in [0.4, 0.5) is 5.69 Å². The summed E-state index contributed by atoms with van der Waals surface area (Å²) in [6.07, 6.45) is 1.95. The average Bonchev–Trinajstić information content (AvgIpc) is 2.99. The maximum atomic E-state index is 11.3. The minimum Gasteiger partial charge on any atom is -0.507 e. The Morgan fingerprint density at radius 3 is 2.67 bits per heavy atom. The number of aldehydes is 1. The summed E-state index contributed by atoms with van der Waals surface area (Å²) in [5.74, 6) is -1.45. The fourth-order valence-corrected chi connectivity index (χ4v) is 2.11. The topological polar surface area (TPSA) is 113 Å². The molecule has 0 aliphatic heterocycles. The molecule has 0 saturated carbocycles. The molecule has 0 aliphatic rings. The number of carboxylic acid groups (broad SMARTS) is 1. The van der Waals surface area contributed by atoms with Gasteiger partial charge in [0.15, 0.2) is 11.9 Å². The Kier molecular flexibility index (Phi) is 3.98. The van der Waals surface area contributed by atoms with E-state index in [0.29, 0.717) is 23.1 Å². The van der Waals surface area contributed by atoms with E-state index in [0.717, 1.165) is 0 Å². The van der Waals surface area contributed by atoms with Crippen molar-refractivity contribution in [3.05, 3.63) is 60.1 Å². The Balaban J connectivity index is 1.87. The predicted octanol–water partition coefficient (Wildman–Crippen LogP) is 2.88. The van der Waals surface area contributed by atoms with Crippen molar-refractivity contribution in [2.45, 2.75) is 0 Å². The Labute approximate surface area is 135 Å². The van der Waals surface area contributed by atoms with E-state index in [-0.39, 0.29) is 22.8 Å². The van der Waals surface area contributed by atoms with Gasteiger partial charge in [0.25, 0.3) is 0 Å². The number of nitrogens with zero attached hydrogens (tertiary/aromatic N) is 1. The molecule has 0 atom stereocenters. The van der Waals surface area contributed by atoms with Gasteiger partial charge in [-0.3, -0.25) is 4.79 Å². The Morgan fingerprint density at radius 2 is 2.00 bits per heavy atom. The zero-order chi connectivity index (χ0) is 17.1. The lowest BCUT2D eigenvalue weighted by Crippen LogP contribution is -1.98. The van der Waals surface area contributed by atoms with Crippen LogP contribution >= 0.6 is 0 Å². The van der Waals surface area contributed by atoms with Crippen LogP contribution in [0.25, 0.3) is 16.7 Å². The van der Waals surface area contributed by atoms with Crippen LogP contribution in [0.1, 0.15) is 16.2 Å². The number of aromatic nitrogens is 1. The first kappa shape index (κ1) is 15.3. The first-order chi connectivity index (χ1) is 11.6. The number of benzene rings is 2. The molecule has 0 fully saturated rings. The number of fused-ring (bicyclic) bond motifs is 1. The van der Waals surface area contributed by atoms with Gasteiger partial charge in [0.05, 0.1) is 5.57 Å². The summed E-state index contributed by atoms with van der Waals surface area (Å²) in [4.78, 5) is 26.4. The first-order valence-electron chi connectivity index (χ1n) is 6.92. The number of rotatable bonds is 5. The highest BCUT2D eigenvalue weighted by Crippen LogP contribution is 2.23. The van der Waals surface area contributed by atoms with Crippen LogP contribution in [-0.2, 0) is 4.79 Å². The second-order valence-corrected chi connectivity index (χ2v) is 4.89. The van der Waals surface area contributed by atoms with E-state index in [1.807, 2.05) is 6.07 Å².